The van der Waals surface area contributed by atoms with Gasteiger partial charge in [-0.25, -0.2) is 0 Å². The molecule has 0 saturated heterocycles. The highest BCUT2D eigenvalue weighted by Gasteiger charge is 2.10. The molecule has 0 aliphatic carbocycles. The average Bonchev–Trinajstić information content (AvgIpc) is 2.50. The molecule has 1 aromatic rings. The summed E-state index contributed by atoms with van der Waals surface area (Å²) in [5, 5.41) is 20.6. The van der Waals surface area contributed by atoms with Crippen molar-refractivity contribution in [3.05, 3.63) is 29.3 Å². The highest BCUT2D eigenvalue weighted by atomic mass is 16.5. The summed E-state index contributed by atoms with van der Waals surface area (Å²) in [6.45, 7) is 4.80. The van der Waals surface area contributed by atoms with Crippen molar-refractivity contribution in [3.63, 3.8) is 0 Å². The van der Waals surface area contributed by atoms with Crippen LogP contribution in [0.25, 0.3) is 0 Å². The summed E-state index contributed by atoms with van der Waals surface area (Å²) in [5.41, 5.74) is 7.24. The second kappa shape index (κ2) is 8.39. The van der Waals surface area contributed by atoms with Crippen LogP contribution in [0.3, 0.4) is 0 Å². The number of benzene rings is 1. The zero-order chi connectivity index (χ0) is 15.0. The minimum Gasteiger partial charge on any atom is -0.496 e. The summed E-state index contributed by atoms with van der Waals surface area (Å²) in [6, 6.07) is 5.59. The monoisotopic (exact) mass is 281 g/mol. The molecule has 4 N–H and O–H groups in total. The second-order valence-electron chi connectivity index (χ2n) is 4.47. The van der Waals surface area contributed by atoms with Gasteiger partial charge in [0.05, 0.1) is 12.7 Å². The lowest BCUT2D eigenvalue weighted by atomic mass is 10.1. The fourth-order valence-corrected chi connectivity index (χ4v) is 2.00. The summed E-state index contributed by atoms with van der Waals surface area (Å²) in [4.78, 5) is 2.23. The normalized spacial score (nSPS) is 11.9. The number of aliphatic hydroxyl groups is 1. The first-order chi connectivity index (χ1) is 9.65. The molecule has 1 rings (SSSR count). The maximum atomic E-state index is 8.89. The SMILES string of the molecule is CCN(CCCO)Cc1ccc(/C(N)=N/O)c(OC)c1. The Labute approximate surface area is 119 Å². The molecular weight excluding hydrogens is 258 g/mol. The average molecular weight is 281 g/mol. The lowest BCUT2D eigenvalue weighted by Gasteiger charge is -2.20. The van der Waals surface area contributed by atoms with Crippen LogP contribution in [-0.2, 0) is 6.54 Å². The summed E-state index contributed by atoms with van der Waals surface area (Å²) >= 11 is 0. The van der Waals surface area contributed by atoms with E-state index in [1.54, 1.807) is 13.2 Å². The number of oxime groups is 1. The van der Waals surface area contributed by atoms with Crippen LogP contribution in [0, 0.1) is 0 Å². The van der Waals surface area contributed by atoms with E-state index in [0.29, 0.717) is 11.3 Å². The van der Waals surface area contributed by atoms with E-state index in [2.05, 4.69) is 17.0 Å². The van der Waals surface area contributed by atoms with Gasteiger partial charge in [0.25, 0.3) is 0 Å². The van der Waals surface area contributed by atoms with Crippen molar-refractivity contribution in [2.24, 2.45) is 10.9 Å². The van der Waals surface area contributed by atoms with Crippen molar-refractivity contribution in [3.8, 4) is 5.75 Å². The molecule has 0 saturated carbocycles. The van der Waals surface area contributed by atoms with E-state index in [-0.39, 0.29) is 12.4 Å². The van der Waals surface area contributed by atoms with Crippen molar-refractivity contribution in [1.29, 1.82) is 0 Å². The van der Waals surface area contributed by atoms with E-state index >= 15 is 0 Å². The van der Waals surface area contributed by atoms with Crippen LogP contribution in [0.4, 0.5) is 0 Å². The molecular formula is C14H23N3O3. The van der Waals surface area contributed by atoms with Gasteiger partial charge >= 0.3 is 0 Å². The molecule has 112 valence electrons. The van der Waals surface area contributed by atoms with Crippen molar-refractivity contribution >= 4 is 5.84 Å². The predicted octanol–water partition coefficient (Wildman–Crippen LogP) is 0.994. The molecule has 0 aliphatic rings. The zero-order valence-electron chi connectivity index (χ0n) is 12.0. The standard InChI is InChI=1S/C14H23N3O3/c1-3-17(7-4-8-18)10-11-5-6-12(14(15)16-19)13(9-11)20-2/h5-6,9,18-19H,3-4,7-8,10H2,1-2H3,(H2,15,16). The van der Waals surface area contributed by atoms with Gasteiger partial charge < -0.3 is 20.8 Å². The Balaban J connectivity index is 2.86. The first-order valence-corrected chi connectivity index (χ1v) is 6.64. The fourth-order valence-electron chi connectivity index (χ4n) is 2.00. The maximum absolute atomic E-state index is 8.89. The maximum Gasteiger partial charge on any atom is 0.173 e. The van der Waals surface area contributed by atoms with Gasteiger partial charge in [0.15, 0.2) is 5.84 Å². The summed E-state index contributed by atoms with van der Waals surface area (Å²) in [7, 11) is 1.55. The number of ether oxygens (including phenoxy) is 1. The number of nitrogens with zero attached hydrogens (tertiary/aromatic N) is 2. The number of nitrogens with two attached hydrogens (primary N) is 1. The van der Waals surface area contributed by atoms with Crippen LogP contribution in [0.2, 0.25) is 0 Å². The third-order valence-electron chi connectivity index (χ3n) is 3.14. The van der Waals surface area contributed by atoms with Gasteiger partial charge in [0, 0.05) is 19.7 Å². The molecule has 0 heterocycles. The van der Waals surface area contributed by atoms with Gasteiger partial charge in [0.1, 0.15) is 5.75 Å². The zero-order valence-corrected chi connectivity index (χ0v) is 12.0. The van der Waals surface area contributed by atoms with Crippen LogP contribution >= 0.6 is 0 Å². The minimum absolute atomic E-state index is 0.0287. The van der Waals surface area contributed by atoms with Gasteiger partial charge in [-0.3, -0.25) is 4.90 Å². The lowest BCUT2D eigenvalue weighted by Crippen LogP contribution is -2.24. The second-order valence-corrected chi connectivity index (χ2v) is 4.47. The molecule has 0 aromatic heterocycles. The molecule has 20 heavy (non-hydrogen) atoms. The summed E-state index contributed by atoms with van der Waals surface area (Å²) in [6.07, 6.45) is 0.757. The first-order valence-electron chi connectivity index (χ1n) is 6.64. The minimum atomic E-state index is 0.0287. The van der Waals surface area contributed by atoms with Crippen molar-refractivity contribution in [2.45, 2.75) is 19.9 Å². The largest absolute Gasteiger partial charge is 0.496 e. The molecule has 0 spiro atoms. The van der Waals surface area contributed by atoms with Gasteiger partial charge in [-0.1, -0.05) is 18.1 Å². The van der Waals surface area contributed by atoms with E-state index in [1.807, 2.05) is 12.1 Å². The van der Waals surface area contributed by atoms with E-state index in [0.717, 1.165) is 31.6 Å². The first kappa shape index (κ1) is 16.3. The molecule has 0 unspecified atom stereocenters. The molecule has 0 bridgehead atoms. The summed E-state index contributed by atoms with van der Waals surface area (Å²) in [5.74, 6) is 0.608. The van der Waals surface area contributed by atoms with Gasteiger partial charge in [-0.2, -0.15) is 0 Å². The molecule has 0 aliphatic heterocycles. The van der Waals surface area contributed by atoms with Crippen LogP contribution in [0.5, 0.6) is 5.75 Å². The molecule has 6 heteroatoms. The van der Waals surface area contributed by atoms with Gasteiger partial charge in [-0.15, -0.1) is 0 Å². The highest BCUT2D eigenvalue weighted by Crippen LogP contribution is 2.21. The molecule has 0 atom stereocenters. The Kier molecular flexibility index (Phi) is 6.83. The van der Waals surface area contributed by atoms with Crippen molar-refractivity contribution in [1.82, 2.24) is 4.90 Å². The number of rotatable bonds is 8. The number of methoxy groups -OCH3 is 1. The third kappa shape index (κ3) is 4.40. The van der Waals surface area contributed by atoms with E-state index < -0.39 is 0 Å². The number of amidine groups is 1. The fraction of sp³-hybridized carbons (Fsp3) is 0.500. The number of hydrogen-bond donors (Lipinski definition) is 3. The number of aliphatic hydroxyl groups excluding tert-OH is 1. The van der Waals surface area contributed by atoms with Gasteiger partial charge in [-0.05, 0) is 30.7 Å². The van der Waals surface area contributed by atoms with E-state index in [4.69, 9.17) is 20.8 Å². The Hall–Kier alpha value is -1.79. The Morgan fingerprint density at radius 2 is 2.20 bits per heavy atom. The van der Waals surface area contributed by atoms with Crippen molar-refractivity contribution in [2.75, 3.05) is 26.8 Å². The van der Waals surface area contributed by atoms with Crippen LogP contribution in [-0.4, -0.2) is 47.9 Å². The molecule has 0 amide bonds. The predicted molar refractivity (Wildman–Crippen MR) is 78.2 cm³/mol. The molecule has 0 fully saturated rings. The van der Waals surface area contributed by atoms with E-state index in [1.165, 1.54) is 0 Å². The lowest BCUT2D eigenvalue weighted by molar-refractivity contribution is 0.225. The molecule has 0 radical (unpaired) electrons. The van der Waals surface area contributed by atoms with Gasteiger partial charge in [0.2, 0.25) is 0 Å². The Bertz CT molecular complexity index is 449. The number of hydrogen-bond acceptors (Lipinski definition) is 5. The smallest absolute Gasteiger partial charge is 0.173 e. The van der Waals surface area contributed by atoms with E-state index in [9.17, 15) is 0 Å². The van der Waals surface area contributed by atoms with Crippen LogP contribution in [0.1, 0.15) is 24.5 Å². The topological polar surface area (TPSA) is 91.3 Å². The molecule has 6 nitrogen and oxygen atoms in total. The highest BCUT2D eigenvalue weighted by molar-refractivity contribution is 5.99. The van der Waals surface area contributed by atoms with Crippen LogP contribution < -0.4 is 10.5 Å². The summed E-state index contributed by atoms with van der Waals surface area (Å²) < 4.78 is 5.27. The third-order valence-corrected chi connectivity index (χ3v) is 3.14. The van der Waals surface area contributed by atoms with Crippen molar-refractivity contribution < 1.29 is 15.1 Å². The molecule has 1 aromatic carbocycles. The Morgan fingerprint density at radius 1 is 1.45 bits per heavy atom. The Morgan fingerprint density at radius 3 is 2.75 bits per heavy atom. The quantitative estimate of drug-likeness (QED) is 0.286. The van der Waals surface area contributed by atoms with Crippen LogP contribution in [0.15, 0.2) is 23.4 Å².